The van der Waals surface area contributed by atoms with Gasteiger partial charge in [-0.1, -0.05) is 28.1 Å². The first-order valence-electron chi connectivity index (χ1n) is 11.2. The maximum atomic E-state index is 13.3. The molecule has 2 amide bonds. The maximum Gasteiger partial charge on any atom is 0.243 e. The number of hydrogen-bond donors (Lipinski definition) is 3. The molecule has 2 atom stereocenters. The molecule has 2 aliphatic heterocycles. The topological polar surface area (TPSA) is 108 Å². The summed E-state index contributed by atoms with van der Waals surface area (Å²) < 4.78 is 27.3. The number of piperidine rings is 1. The second kappa shape index (κ2) is 11.6. The summed E-state index contributed by atoms with van der Waals surface area (Å²) in [5.41, 5.74) is 0.960. The number of nitrogens with zero attached hydrogens (tertiary/aromatic N) is 1. The van der Waals surface area contributed by atoms with Crippen molar-refractivity contribution in [2.75, 3.05) is 25.9 Å². The monoisotopic (exact) mass is 528 g/mol. The molecule has 1 aromatic rings. The lowest BCUT2D eigenvalue weighted by molar-refractivity contribution is -0.139. The highest BCUT2D eigenvalue weighted by atomic mass is 79.9. The third kappa shape index (κ3) is 7.54. The van der Waals surface area contributed by atoms with Gasteiger partial charge in [0.25, 0.3) is 0 Å². The van der Waals surface area contributed by atoms with Gasteiger partial charge in [0.1, 0.15) is 12.1 Å². The molecule has 0 unspecified atom stereocenters. The first kappa shape index (κ1) is 25.1. The minimum atomic E-state index is -3.55. The molecule has 0 saturated carbocycles. The number of hydrogen-bond acceptors (Lipinski definition) is 5. The first-order valence-corrected chi connectivity index (χ1v) is 13.9. The molecule has 0 spiro atoms. The number of halogens is 1. The molecule has 0 bridgehead atoms. The SMILES string of the molecule is CS(=O)(=O)N[C@H](CCC1CCNCC1)C(=O)N1CCC[C@H]1C(=O)NCc1cccc(Br)c1. The second-order valence-electron chi connectivity index (χ2n) is 8.75. The molecule has 2 fully saturated rings. The first-order chi connectivity index (χ1) is 15.2. The van der Waals surface area contributed by atoms with Gasteiger partial charge in [-0.25, -0.2) is 13.1 Å². The summed E-state index contributed by atoms with van der Waals surface area (Å²) in [6.45, 7) is 2.74. The summed E-state index contributed by atoms with van der Waals surface area (Å²) in [4.78, 5) is 27.8. The molecule has 1 aromatic carbocycles. The van der Waals surface area contributed by atoms with E-state index in [0.717, 1.165) is 55.1 Å². The Kier molecular flexibility index (Phi) is 9.10. The summed E-state index contributed by atoms with van der Waals surface area (Å²) in [6, 6.07) is 6.28. The van der Waals surface area contributed by atoms with Crippen LogP contribution in [0, 0.1) is 5.92 Å². The lowest BCUT2D eigenvalue weighted by Gasteiger charge is -2.30. The normalized spacial score (nSPS) is 20.8. The number of nitrogens with one attached hydrogen (secondary N) is 3. The summed E-state index contributed by atoms with van der Waals surface area (Å²) in [5, 5.41) is 6.24. The predicted octanol–water partition coefficient (Wildman–Crippen LogP) is 1.75. The van der Waals surface area contributed by atoms with Crippen molar-refractivity contribution < 1.29 is 18.0 Å². The molecule has 2 saturated heterocycles. The Morgan fingerprint density at radius 1 is 1.25 bits per heavy atom. The summed E-state index contributed by atoms with van der Waals surface area (Å²) in [7, 11) is -3.55. The van der Waals surface area contributed by atoms with E-state index in [0.29, 0.717) is 31.8 Å². The second-order valence-corrected chi connectivity index (χ2v) is 11.4. The standard InChI is InChI=1S/C22H33BrN4O4S/c1-32(30,31)26-19(8-7-16-9-11-24-12-10-16)22(29)27-13-3-6-20(27)21(28)25-15-17-4-2-5-18(23)14-17/h2,4-5,14,16,19-20,24,26H,3,6-13,15H2,1H3,(H,25,28)/t19-,20+/m1/s1. The van der Waals surface area contributed by atoms with Gasteiger partial charge in [-0.3, -0.25) is 9.59 Å². The van der Waals surface area contributed by atoms with Crippen LogP contribution in [0.1, 0.15) is 44.1 Å². The molecule has 8 nitrogen and oxygen atoms in total. The highest BCUT2D eigenvalue weighted by Crippen LogP contribution is 2.23. The van der Waals surface area contributed by atoms with Gasteiger partial charge in [0.05, 0.1) is 6.26 Å². The molecular weight excluding hydrogens is 496 g/mol. The third-order valence-electron chi connectivity index (χ3n) is 6.17. The van der Waals surface area contributed by atoms with E-state index in [-0.39, 0.29) is 11.8 Å². The van der Waals surface area contributed by atoms with Gasteiger partial charge < -0.3 is 15.5 Å². The van der Waals surface area contributed by atoms with E-state index in [4.69, 9.17) is 0 Å². The predicted molar refractivity (Wildman–Crippen MR) is 127 cm³/mol. The Labute approximate surface area is 199 Å². The number of amides is 2. The fourth-order valence-corrected chi connectivity index (χ4v) is 5.70. The van der Waals surface area contributed by atoms with Crippen molar-refractivity contribution in [2.45, 2.75) is 57.2 Å². The third-order valence-corrected chi connectivity index (χ3v) is 7.38. The molecule has 2 heterocycles. The zero-order chi connectivity index (χ0) is 23.1. The number of sulfonamides is 1. The van der Waals surface area contributed by atoms with E-state index >= 15 is 0 Å². The minimum absolute atomic E-state index is 0.202. The van der Waals surface area contributed by atoms with Crippen LogP contribution in [0.5, 0.6) is 0 Å². The Balaban J connectivity index is 1.63. The molecule has 0 radical (unpaired) electrons. The van der Waals surface area contributed by atoms with Crippen LogP contribution in [0.25, 0.3) is 0 Å². The molecule has 0 aromatic heterocycles. The smallest absolute Gasteiger partial charge is 0.243 e. The van der Waals surface area contributed by atoms with E-state index in [1.807, 2.05) is 24.3 Å². The van der Waals surface area contributed by atoms with Crippen LogP contribution in [0.3, 0.4) is 0 Å². The average molecular weight is 530 g/mol. The molecule has 2 aliphatic rings. The lowest BCUT2D eigenvalue weighted by atomic mass is 9.91. The minimum Gasteiger partial charge on any atom is -0.350 e. The van der Waals surface area contributed by atoms with Crippen molar-refractivity contribution in [1.29, 1.82) is 0 Å². The van der Waals surface area contributed by atoms with Crippen LogP contribution >= 0.6 is 15.9 Å². The van der Waals surface area contributed by atoms with Crippen LogP contribution in [0.4, 0.5) is 0 Å². The van der Waals surface area contributed by atoms with Crippen molar-refractivity contribution in [3.05, 3.63) is 34.3 Å². The summed E-state index contributed by atoms with van der Waals surface area (Å²) >= 11 is 3.42. The molecule has 10 heteroatoms. The van der Waals surface area contributed by atoms with Gasteiger partial charge in [0.15, 0.2) is 0 Å². The van der Waals surface area contributed by atoms with Crippen LogP contribution in [-0.2, 0) is 26.2 Å². The van der Waals surface area contributed by atoms with E-state index in [9.17, 15) is 18.0 Å². The van der Waals surface area contributed by atoms with E-state index in [2.05, 4.69) is 31.3 Å². The van der Waals surface area contributed by atoms with Crippen molar-refractivity contribution in [1.82, 2.24) is 20.3 Å². The zero-order valence-corrected chi connectivity index (χ0v) is 20.9. The molecule has 3 rings (SSSR count). The van der Waals surface area contributed by atoms with Crippen LogP contribution in [-0.4, -0.2) is 63.1 Å². The number of carbonyl (C=O) groups is 2. The van der Waals surface area contributed by atoms with E-state index in [1.165, 1.54) is 0 Å². The van der Waals surface area contributed by atoms with Gasteiger partial charge >= 0.3 is 0 Å². The van der Waals surface area contributed by atoms with Crippen molar-refractivity contribution in [3.8, 4) is 0 Å². The molecule has 178 valence electrons. The Morgan fingerprint density at radius 2 is 2.00 bits per heavy atom. The van der Waals surface area contributed by atoms with Gasteiger partial charge in [-0.15, -0.1) is 0 Å². The number of likely N-dealkylation sites (tertiary alicyclic amines) is 1. The summed E-state index contributed by atoms with van der Waals surface area (Å²) in [5.74, 6) is -0.0208. The molecule has 3 N–H and O–H groups in total. The van der Waals surface area contributed by atoms with Gasteiger partial charge in [-0.2, -0.15) is 0 Å². The zero-order valence-electron chi connectivity index (χ0n) is 18.5. The number of carbonyl (C=O) groups excluding carboxylic acids is 2. The van der Waals surface area contributed by atoms with Gasteiger partial charge in [-0.05, 0) is 75.2 Å². The fourth-order valence-electron chi connectivity index (χ4n) is 4.52. The Bertz CT molecular complexity index is 905. The average Bonchev–Trinajstić information content (AvgIpc) is 3.24. The highest BCUT2D eigenvalue weighted by molar-refractivity contribution is 9.10. The molecule has 0 aliphatic carbocycles. The lowest BCUT2D eigenvalue weighted by Crippen LogP contribution is -2.53. The number of rotatable bonds is 9. The van der Waals surface area contributed by atoms with E-state index < -0.39 is 22.1 Å². The van der Waals surface area contributed by atoms with Gasteiger partial charge in [0.2, 0.25) is 21.8 Å². The largest absolute Gasteiger partial charge is 0.350 e. The number of benzene rings is 1. The van der Waals surface area contributed by atoms with Crippen molar-refractivity contribution >= 4 is 37.8 Å². The van der Waals surface area contributed by atoms with Crippen LogP contribution in [0.2, 0.25) is 0 Å². The highest BCUT2D eigenvalue weighted by Gasteiger charge is 2.38. The Morgan fingerprint density at radius 3 is 2.69 bits per heavy atom. The fraction of sp³-hybridized carbons (Fsp3) is 0.636. The summed E-state index contributed by atoms with van der Waals surface area (Å²) in [6.07, 6.45) is 5.67. The van der Waals surface area contributed by atoms with E-state index in [1.54, 1.807) is 4.90 Å². The quantitative estimate of drug-likeness (QED) is 0.452. The van der Waals surface area contributed by atoms with Gasteiger partial charge in [0, 0.05) is 17.6 Å². The van der Waals surface area contributed by atoms with Crippen LogP contribution < -0.4 is 15.4 Å². The van der Waals surface area contributed by atoms with Crippen LogP contribution in [0.15, 0.2) is 28.7 Å². The van der Waals surface area contributed by atoms with Crippen molar-refractivity contribution in [3.63, 3.8) is 0 Å². The maximum absolute atomic E-state index is 13.3. The molecule has 32 heavy (non-hydrogen) atoms. The van der Waals surface area contributed by atoms with Crippen molar-refractivity contribution in [2.24, 2.45) is 5.92 Å². The molecular formula is C22H33BrN4O4S. The Hall–Kier alpha value is -1.49.